The summed E-state index contributed by atoms with van der Waals surface area (Å²) in [5, 5.41) is 24.2. The summed E-state index contributed by atoms with van der Waals surface area (Å²) in [5.41, 5.74) is 2.81. The number of fused-ring (bicyclic) bond motifs is 2. The number of nitrogens with zero attached hydrogens (tertiary/aromatic N) is 1. The first-order chi connectivity index (χ1) is 21.2. The predicted octanol–water partition coefficient (Wildman–Crippen LogP) is 7.44. The number of unbranched alkanes of at least 4 members (excludes halogenated alkanes) is 2. The Balaban J connectivity index is 1.97. The second kappa shape index (κ2) is 15.8. The van der Waals surface area contributed by atoms with Crippen LogP contribution in [-0.4, -0.2) is 64.7 Å². The molecule has 6 unspecified atom stereocenters. The Morgan fingerprint density at radius 3 is 2.45 bits per heavy atom. The zero-order valence-corrected chi connectivity index (χ0v) is 27.9. The van der Waals surface area contributed by atoms with E-state index in [1.165, 1.54) is 0 Å². The van der Waals surface area contributed by atoms with E-state index in [1.54, 1.807) is 12.2 Å². The molecule has 0 saturated heterocycles. The van der Waals surface area contributed by atoms with Gasteiger partial charge in [-0.25, -0.2) is 0 Å². The lowest BCUT2D eigenvalue weighted by Gasteiger charge is -2.58. The van der Waals surface area contributed by atoms with Crippen molar-refractivity contribution in [3.63, 3.8) is 0 Å². The van der Waals surface area contributed by atoms with Gasteiger partial charge in [-0.1, -0.05) is 49.7 Å². The standard InChI is InChI=1S/C36H53NO6S/c1-7-20-40-26-16-17-31-29(23-26)33-27(15-11-13-19-39)25(14-10-12-18-38)22-28-30(37-43-35(4,5)6)24-32(44-9-3)36(42-31,34(28)33)41-21-8-2/h7-8,16-17,22-23,25,27,32-34,38-39H,1-2,9-15,18-21,24H2,3-6H3. The molecule has 44 heavy (non-hydrogen) atoms. The molecule has 0 amide bonds. The van der Waals surface area contributed by atoms with Crippen LogP contribution in [0.25, 0.3) is 0 Å². The monoisotopic (exact) mass is 627 g/mol. The maximum atomic E-state index is 9.72. The van der Waals surface area contributed by atoms with E-state index in [4.69, 9.17) is 24.2 Å². The van der Waals surface area contributed by atoms with Gasteiger partial charge < -0.3 is 29.3 Å². The molecular weight excluding hydrogens is 574 g/mol. The summed E-state index contributed by atoms with van der Waals surface area (Å²) < 4.78 is 20.0. The zero-order valence-electron chi connectivity index (χ0n) is 27.1. The first kappa shape index (κ1) is 34.6. The van der Waals surface area contributed by atoms with Crippen molar-refractivity contribution in [3.05, 3.63) is 60.7 Å². The average molecular weight is 628 g/mol. The number of aliphatic hydroxyl groups is 2. The van der Waals surface area contributed by atoms with Crippen molar-refractivity contribution in [3.8, 4) is 11.5 Å². The van der Waals surface area contributed by atoms with E-state index in [9.17, 15) is 10.2 Å². The summed E-state index contributed by atoms with van der Waals surface area (Å²) in [6, 6.07) is 6.15. The highest BCUT2D eigenvalue weighted by atomic mass is 32.2. The van der Waals surface area contributed by atoms with E-state index >= 15 is 0 Å². The second-order valence-corrected chi connectivity index (χ2v) is 14.5. The fourth-order valence-corrected chi connectivity index (χ4v) is 8.29. The summed E-state index contributed by atoms with van der Waals surface area (Å²) in [6.45, 7) is 17.2. The number of ether oxygens (including phenoxy) is 3. The molecule has 3 aliphatic rings. The molecule has 0 bridgehead atoms. The zero-order chi connectivity index (χ0) is 31.7. The van der Waals surface area contributed by atoms with Gasteiger partial charge in [0.25, 0.3) is 0 Å². The molecule has 6 atom stereocenters. The maximum absolute atomic E-state index is 9.72. The fourth-order valence-electron chi connectivity index (χ4n) is 7.11. The SMILES string of the molecule is C=CCOc1ccc2c(c1)C1C(CCCCO)C(CCCCO)C=C3C(=NOC(C)(C)C)CC(SCC)C(OCC=C)(O2)C31. The van der Waals surface area contributed by atoms with Crippen molar-refractivity contribution in [1.29, 1.82) is 0 Å². The maximum Gasteiger partial charge on any atom is 0.230 e. The topological polar surface area (TPSA) is 89.7 Å². The van der Waals surface area contributed by atoms with Gasteiger partial charge in [0.05, 0.1) is 23.5 Å². The lowest BCUT2D eigenvalue weighted by Crippen LogP contribution is -2.64. The first-order valence-electron chi connectivity index (χ1n) is 16.3. The molecule has 244 valence electrons. The number of allylic oxidation sites excluding steroid dienone is 1. The van der Waals surface area contributed by atoms with Gasteiger partial charge >= 0.3 is 0 Å². The third-order valence-corrected chi connectivity index (χ3v) is 10.0. The fraction of sp³-hybridized carbons (Fsp3) is 0.639. The molecule has 1 heterocycles. The molecular formula is C36H53NO6S. The van der Waals surface area contributed by atoms with Crippen molar-refractivity contribution in [2.24, 2.45) is 22.9 Å². The largest absolute Gasteiger partial charge is 0.490 e. The average Bonchev–Trinajstić information content (AvgIpc) is 3.00. The summed E-state index contributed by atoms with van der Waals surface area (Å²) in [7, 11) is 0. The van der Waals surface area contributed by atoms with Gasteiger partial charge in [-0.2, -0.15) is 11.8 Å². The van der Waals surface area contributed by atoms with Gasteiger partial charge in [-0.3, -0.25) is 0 Å². The summed E-state index contributed by atoms with van der Waals surface area (Å²) in [6.07, 6.45) is 12.0. The van der Waals surface area contributed by atoms with Gasteiger partial charge in [-0.05, 0) is 87.8 Å². The quantitative estimate of drug-likeness (QED) is 0.105. The number of thioether (sulfide) groups is 1. The van der Waals surface area contributed by atoms with Crippen molar-refractivity contribution in [2.45, 2.75) is 95.2 Å². The van der Waals surface area contributed by atoms with E-state index < -0.39 is 11.4 Å². The van der Waals surface area contributed by atoms with Crippen molar-refractivity contribution < 1.29 is 29.3 Å². The van der Waals surface area contributed by atoms with E-state index in [-0.39, 0.29) is 42.1 Å². The number of aliphatic hydroxyl groups excluding tert-OH is 2. The van der Waals surface area contributed by atoms with Crippen LogP contribution in [0.15, 0.2) is 60.3 Å². The third-order valence-electron chi connectivity index (χ3n) is 8.79. The van der Waals surface area contributed by atoms with Gasteiger partial charge in [0.15, 0.2) is 0 Å². The number of benzene rings is 1. The minimum Gasteiger partial charge on any atom is -0.490 e. The molecule has 1 aliphatic heterocycles. The van der Waals surface area contributed by atoms with Crippen LogP contribution < -0.4 is 9.47 Å². The summed E-state index contributed by atoms with van der Waals surface area (Å²) in [5.74, 6) is 2.06. The first-order valence-corrected chi connectivity index (χ1v) is 17.4. The lowest BCUT2D eigenvalue weighted by atomic mass is 9.56. The Morgan fingerprint density at radius 1 is 1.07 bits per heavy atom. The van der Waals surface area contributed by atoms with E-state index in [1.807, 2.05) is 44.7 Å². The van der Waals surface area contributed by atoms with Crippen LogP contribution in [0.5, 0.6) is 11.5 Å². The van der Waals surface area contributed by atoms with E-state index in [0.717, 1.165) is 72.6 Å². The minimum atomic E-state index is -0.923. The Hall–Kier alpha value is -2.26. The van der Waals surface area contributed by atoms with Crippen LogP contribution >= 0.6 is 11.8 Å². The molecule has 8 heteroatoms. The highest BCUT2D eigenvalue weighted by Gasteiger charge is 2.63. The molecule has 0 spiro atoms. The Morgan fingerprint density at radius 2 is 1.80 bits per heavy atom. The van der Waals surface area contributed by atoms with E-state index in [2.05, 4.69) is 32.2 Å². The van der Waals surface area contributed by atoms with Crippen molar-refractivity contribution in [1.82, 2.24) is 0 Å². The Bertz CT molecular complexity index is 1180. The van der Waals surface area contributed by atoms with Crippen molar-refractivity contribution >= 4 is 17.5 Å². The molecule has 0 aromatic heterocycles. The highest BCUT2D eigenvalue weighted by Crippen LogP contribution is 2.62. The van der Waals surface area contributed by atoms with Gasteiger partial charge in [-0.15, -0.1) is 6.58 Å². The third kappa shape index (κ3) is 7.75. The second-order valence-electron chi connectivity index (χ2n) is 13.0. The van der Waals surface area contributed by atoms with Crippen LogP contribution in [0.3, 0.4) is 0 Å². The van der Waals surface area contributed by atoms with Gasteiger partial charge in [0.1, 0.15) is 23.7 Å². The lowest BCUT2D eigenvalue weighted by molar-refractivity contribution is -0.223. The highest BCUT2D eigenvalue weighted by molar-refractivity contribution is 8.00. The van der Waals surface area contributed by atoms with Crippen LogP contribution in [0, 0.1) is 17.8 Å². The van der Waals surface area contributed by atoms with Crippen LogP contribution in [0.2, 0.25) is 0 Å². The minimum absolute atomic E-state index is 0.0201. The molecule has 2 aliphatic carbocycles. The van der Waals surface area contributed by atoms with Gasteiger partial charge in [0.2, 0.25) is 5.79 Å². The molecule has 1 aromatic rings. The number of oxime groups is 1. The number of rotatable bonds is 17. The Labute approximate surface area is 268 Å². The summed E-state index contributed by atoms with van der Waals surface area (Å²) >= 11 is 1.85. The van der Waals surface area contributed by atoms with Crippen LogP contribution in [-0.2, 0) is 9.57 Å². The molecule has 2 N–H and O–H groups in total. The predicted molar refractivity (Wildman–Crippen MR) is 180 cm³/mol. The molecule has 1 saturated carbocycles. The van der Waals surface area contributed by atoms with Crippen LogP contribution in [0.1, 0.15) is 84.1 Å². The smallest absolute Gasteiger partial charge is 0.230 e. The normalized spacial score (nSPS) is 28.4. The number of hydrogen-bond donors (Lipinski definition) is 2. The summed E-state index contributed by atoms with van der Waals surface area (Å²) in [4.78, 5) is 6.10. The van der Waals surface area contributed by atoms with Gasteiger partial charge in [0, 0.05) is 31.1 Å². The Kier molecular flexibility index (Phi) is 12.5. The van der Waals surface area contributed by atoms with Crippen LogP contribution in [0.4, 0.5) is 0 Å². The number of hydrogen-bond acceptors (Lipinski definition) is 8. The molecule has 1 fully saturated rings. The molecule has 4 rings (SSSR count). The van der Waals surface area contributed by atoms with Crippen molar-refractivity contribution in [2.75, 3.05) is 32.2 Å². The molecule has 7 nitrogen and oxygen atoms in total. The molecule has 0 radical (unpaired) electrons. The molecule has 1 aromatic carbocycles. The van der Waals surface area contributed by atoms with E-state index in [0.29, 0.717) is 19.6 Å².